The molecule has 0 radical (unpaired) electrons. The van der Waals surface area contributed by atoms with E-state index in [-0.39, 0.29) is 0 Å². The summed E-state index contributed by atoms with van der Waals surface area (Å²) < 4.78 is 17.2. The first-order chi connectivity index (χ1) is 11.0. The van der Waals surface area contributed by atoms with Gasteiger partial charge in [0.1, 0.15) is 0 Å². The van der Waals surface area contributed by atoms with Crippen LogP contribution in [-0.4, -0.2) is 19.2 Å². The lowest BCUT2D eigenvalue weighted by atomic mass is 10.1. The molecular formula is C19H28O4. The Morgan fingerprint density at radius 3 is 2.22 bits per heavy atom. The second-order valence-corrected chi connectivity index (χ2v) is 5.50. The number of aryl methyl sites for hydroxylation is 1. The summed E-state index contributed by atoms with van der Waals surface area (Å²) in [4.78, 5) is 12.0. The molecule has 0 aromatic heterocycles. The first-order valence-corrected chi connectivity index (χ1v) is 8.34. The summed E-state index contributed by atoms with van der Waals surface area (Å²) in [5.74, 6) is 1.14. The quantitative estimate of drug-likeness (QED) is 0.356. The first kappa shape index (κ1) is 19.1. The minimum atomic E-state index is -0.448. The summed E-state index contributed by atoms with van der Waals surface area (Å²) >= 11 is 0. The van der Waals surface area contributed by atoms with Gasteiger partial charge in [0, 0.05) is 5.57 Å². The third-order valence-corrected chi connectivity index (χ3v) is 3.13. The Kier molecular flexibility index (Phi) is 8.23. The van der Waals surface area contributed by atoms with Crippen LogP contribution in [0.3, 0.4) is 0 Å². The Bertz CT molecular complexity index is 534. The Morgan fingerprint density at radius 2 is 1.65 bits per heavy atom. The molecule has 0 amide bonds. The molecule has 0 spiro atoms. The highest BCUT2D eigenvalue weighted by atomic mass is 16.6. The Labute approximate surface area is 139 Å². The van der Waals surface area contributed by atoms with Gasteiger partial charge >= 0.3 is 5.97 Å². The second kappa shape index (κ2) is 9.93. The predicted octanol–water partition coefficient (Wildman–Crippen LogP) is 4.70. The smallest absolute Gasteiger partial charge is 0.338 e. The number of carbonyl (C=O) groups is 1. The fraction of sp³-hybridized carbons (Fsp3) is 0.526. The highest BCUT2D eigenvalue weighted by molar-refractivity contribution is 5.89. The van der Waals surface area contributed by atoms with Crippen LogP contribution in [-0.2, 0) is 11.2 Å². The van der Waals surface area contributed by atoms with Crippen LogP contribution in [0.1, 0.15) is 52.5 Å². The van der Waals surface area contributed by atoms with Crippen molar-refractivity contribution in [1.29, 1.82) is 0 Å². The third-order valence-electron chi connectivity index (χ3n) is 3.13. The van der Waals surface area contributed by atoms with E-state index in [1.54, 1.807) is 6.92 Å². The molecule has 1 rings (SSSR count). The van der Waals surface area contributed by atoms with Crippen molar-refractivity contribution in [1.82, 2.24) is 0 Å². The third kappa shape index (κ3) is 5.62. The zero-order valence-electron chi connectivity index (χ0n) is 14.7. The number of ether oxygens (including phenoxy) is 3. The molecule has 1 aromatic carbocycles. The van der Waals surface area contributed by atoms with Gasteiger partial charge < -0.3 is 14.2 Å². The van der Waals surface area contributed by atoms with Crippen molar-refractivity contribution in [2.45, 2.75) is 53.4 Å². The lowest BCUT2D eigenvalue weighted by Gasteiger charge is -2.18. The van der Waals surface area contributed by atoms with E-state index in [0.717, 1.165) is 31.2 Å². The van der Waals surface area contributed by atoms with Crippen molar-refractivity contribution in [2.24, 2.45) is 0 Å². The fourth-order valence-corrected chi connectivity index (χ4v) is 2.01. The maximum absolute atomic E-state index is 12.0. The summed E-state index contributed by atoms with van der Waals surface area (Å²) in [7, 11) is 0. The molecule has 0 saturated carbocycles. The Balaban J connectivity index is 3.28. The van der Waals surface area contributed by atoms with Gasteiger partial charge in [-0.15, -0.1) is 0 Å². The molecule has 1 aromatic rings. The van der Waals surface area contributed by atoms with Crippen molar-refractivity contribution in [2.75, 3.05) is 13.2 Å². The average Bonchev–Trinajstić information content (AvgIpc) is 2.53. The summed E-state index contributed by atoms with van der Waals surface area (Å²) in [6, 6.07) is 3.83. The number of carbonyl (C=O) groups excluding carboxylic acids is 1. The summed E-state index contributed by atoms with van der Waals surface area (Å²) in [6.45, 7) is 12.6. The van der Waals surface area contributed by atoms with Gasteiger partial charge in [-0.25, -0.2) is 4.79 Å². The lowest BCUT2D eigenvalue weighted by molar-refractivity contribution is -0.130. The largest absolute Gasteiger partial charge is 0.490 e. The van der Waals surface area contributed by atoms with E-state index < -0.39 is 5.97 Å². The highest BCUT2D eigenvalue weighted by Gasteiger charge is 2.20. The van der Waals surface area contributed by atoms with Crippen LogP contribution in [0.4, 0.5) is 0 Å². The summed E-state index contributed by atoms with van der Waals surface area (Å²) in [5, 5.41) is 0. The minimum Gasteiger partial charge on any atom is -0.490 e. The molecule has 0 bridgehead atoms. The predicted molar refractivity (Wildman–Crippen MR) is 92.5 cm³/mol. The van der Waals surface area contributed by atoms with Crippen molar-refractivity contribution in [3.8, 4) is 17.2 Å². The molecule has 0 N–H and O–H groups in total. The van der Waals surface area contributed by atoms with E-state index in [0.29, 0.717) is 36.0 Å². The molecule has 4 heteroatoms. The van der Waals surface area contributed by atoms with Crippen LogP contribution in [0.2, 0.25) is 0 Å². The molecule has 0 unspecified atom stereocenters. The molecule has 23 heavy (non-hydrogen) atoms. The SMILES string of the molecule is C=C(C)C(=O)Oc1c(CCC)ccc(OCCC)c1OCCC. The van der Waals surface area contributed by atoms with Crippen molar-refractivity contribution in [3.63, 3.8) is 0 Å². The molecule has 128 valence electrons. The zero-order valence-corrected chi connectivity index (χ0v) is 14.7. The van der Waals surface area contributed by atoms with Crippen LogP contribution in [0.5, 0.6) is 17.2 Å². The monoisotopic (exact) mass is 320 g/mol. The zero-order chi connectivity index (χ0) is 17.2. The topological polar surface area (TPSA) is 44.8 Å². The molecule has 0 saturated heterocycles. The maximum Gasteiger partial charge on any atom is 0.338 e. The van der Waals surface area contributed by atoms with Crippen LogP contribution in [0.15, 0.2) is 24.3 Å². The minimum absolute atomic E-state index is 0.355. The lowest BCUT2D eigenvalue weighted by Crippen LogP contribution is -2.12. The normalized spacial score (nSPS) is 10.3. The van der Waals surface area contributed by atoms with Gasteiger partial charge in [-0.1, -0.05) is 39.8 Å². The van der Waals surface area contributed by atoms with Gasteiger partial charge in [0.15, 0.2) is 11.5 Å². The van der Waals surface area contributed by atoms with E-state index in [2.05, 4.69) is 13.5 Å². The molecule has 0 aliphatic carbocycles. The average molecular weight is 320 g/mol. The number of hydrogen-bond donors (Lipinski definition) is 0. The first-order valence-electron chi connectivity index (χ1n) is 8.34. The summed E-state index contributed by atoms with van der Waals surface area (Å²) in [6.07, 6.45) is 3.50. The summed E-state index contributed by atoms with van der Waals surface area (Å²) in [5.41, 5.74) is 1.30. The Hall–Kier alpha value is -1.97. The van der Waals surface area contributed by atoms with Crippen LogP contribution in [0.25, 0.3) is 0 Å². The molecule has 0 heterocycles. The van der Waals surface area contributed by atoms with Crippen LogP contribution >= 0.6 is 0 Å². The van der Waals surface area contributed by atoms with Gasteiger partial charge in [-0.05, 0) is 37.8 Å². The molecule has 4 nitrogen and oxygen atoms in total. The van der Waals surface area contributed by atoms with Crippen molar-refractivity contribution < 1.29 is 19.0 Å². The van der Waals surface area contributed by atoms with Crippen LogP contribution < -0.4 is 14.2 Å². The number of benzene rings is 1. The fourth-order valence-electron chi connectivity index (χ4n) is 2.01. The van der Waals surface area contributed by atoms with Crippen LogP contribution in [0, 0.1) is 0 Å². The molecule has 0 atom stereocenters. The highest BCUT2D eigenvalue weighted by Crippen LogP contribution is 2.41. The second-order valence-electron chi connectivity index (χ2n) is 5.50. The van der Waals surface area contributed by atoms with Crippen molar-refractivity contribution >= 4 is 5.97 Å². The van der Waals surface area contributed by atoms with E-state index in [1.165, 1.54) is 0 Å². The Morgan fingerprint density at radius 1 is 1.00 bits per heavy atom. The van der Waals surface area contributed by atoms with E-state index in [9.17, 15) is 4.79 Å². The standard InChI is InChI=1S/C19H28O4/c1-6-9-15-10-11-16(21-12-7-2)18(22-13-8-3)17(15)23-19(20)14(4)5/h10-11H,4,6-9,12-13H2,1-3,5H3. The van der Waals surface area contributed by atoms with Gasteiger partial charge in [0.25, 0.3) is 0 Å². The van der Waals surface area contributed by atoms with Gasteiger partial charge in [0.05, 0.1) is 13.2 Å². The number of rotatable bonds is 10. The molecular weight excluding hydrogens is 292 g/mol. The molecule has 0 aliphatic rings. The molecule has 0 fully saturated rings. The van der Waals surface area contributed by atoms with E-state index in [1.807, 2.05) is 26.0 Å². The van der Waals surface area contributed by atoms with Gasteiger partial charge in [-0.2, -0.15) is 0 Å². The van der Waals surface area contributed by atoms with Gasteiger partial charge in [0.2, 0.25) is 5.75 Å². The van der Waals surface area contributed by atoms with Gasteiger partial charge in [-0.3, -0.25) is 0 Å². The molecule has 0 aliphatic heterocycles. The van der Waals surface area contributed by atoms with E-state index in [4.69, 9.17) is 14.2 Å². The number of esters is 1. The maximum atomic E-state index is 12.0. The van der Waals surface area contributed by atoms with E-state index >= 15 is 0 Å². The number of hydrogen-bond acceptors (Lipinski definition) is 4. The van der Waals surface area contributed by atoms with Crippen molar-refractivity contribution in [3.05, 3.63) is 29.8 Å².